The molecule has 4 rings (SSSR count). The molecule has 1 aromatic carbocycles. The fourth-order valence-corrected chi connectivity index (χ4v) is 4.39. The van der Waals surface area contributed by atoms with Crippen molar-refractivity contribution < 1.29 is 31.4 Å². The Balaban J connectivity index is 1.54. The van der Waals surface area contributed by atoms with Crippen LogP contribution in [0.1, 0.15) is 44.1 Å². The van der Waals surface area contributed by atoms with Crippen LogP contribution in [-0.2, 0) is 5.60 Å². The monoisotopic (exact) mass is 497 g/mol. The van der Waals surface area contributed by atoms with Crippen molar-refractivity contribution in [1.82, 2.24) is 10.3 Å². The van der Waals surface area contributed by atoms with Gasteiger partial charge in [0.05, 0.1) is 5.41 Å². The van der Waals surface area contributed by atoms with Gasteiger partial charge in [0.25, 0.3) is 0 Å². The predicted octanol–water partition coefficient (Wildman–Crippen LogP) is 6.35. The number of benzene rings is 1. The molecule has 10 heteroatoms. The normalized spacial score (nSPS) is 19.6. The lowest BCUT2D eigenvalue weighted by Crippen LogP contribution is -2.43. The highest BCUT2D eigenvalue weighted by Crippen LogP contribution is 2.61. The van der Waals surface area contributed by atoms with Crippen molar-refractivity contribution in [3.05, 3.63) is 71.7 Å². The molecule has 1 atom stereocenters. The van der Waals surface area contributed by atoms with Gasteiger partial charge in [-0.2, -0.15) is 26.3 Å². The van der Waals surface area contributed by atoms with Crippen molar-refractivity contribution in [2.24, 2.45) is 5.41 Å². The molecule has 1 aliphatic carbocycles. The molecule has 4 nitrogen and oxygen atoms in total. The van der Waals surface area contributed by atoms with Crippen molar-refractivity contribution in [1.29, 1.82) is 0 Å². The lowest BCUT2D eigenvalue weighted by Gasteiger charge is -2.32. The molecule has 188 valence electrons. The predicted molar refractivity (Wildman–Crippen MR) is 120 cm³/mol. The van der Waals surface area contributed by atoms with E-state index in [2.05, 4.69) is 10.3 Å². The maximum Gasteiger partial charge on any atom is 0.421 e. The average Bonchev–Trinajstić information content (AvgIpc) is 3.60. The van der Waals surface area contributed by atoms with E-state index in [0.717, 1.165) is 0 Å². The lowest BCUT2D eigenvalue weighted by atomic mass is 9.87. The van der Waals surface area contributed by atoms with Gasteiger partial charge in [-0.1, -0.05) is 35.9 Å². The summed E-state index contributed by atoms with van der Waals surface area (Å²) in [5, 5.41) is 13.6. The van der Waals surface area contributed by atoms with Crippen LogP contribution in [-0.4, -0.2) is 22.4 Å². The largest absolute Gasteiger partial charge is 0.421 e. The third-order valence-electron chi connectivity index (χ3n) is 6.77. The molecule has 1 fully saturated rings. The van der Waals surface area contributed by atoms with Crippen LogP contribution in [0.2, 0.25) is 0 Å². The second-order valence-electron chi connectivity index (χ2n) is 9.22. The van der Waals surface area contributed by atoms with Crippen LogP contribution < -0.4 is 11.1 Å². The van der Waals surface area contributed by atoms with Crippen molar-refractivity contribution in [3.63, 3.8) is 0 Å². The molecule has 2 aliphatic rings. The molecule has 0 bridgehead atoms. The number of nitrogens with zero attached hydrogens (tertiary/aromatic N) is 1. The van der Waals surface area contributed by atoms with E-state index in [1.807, 2.05) is 0 Å². The Bertz CT molecular complexity index is 1130. The van der Waals surface area contributed by atoms with Gasteiger partial charge in [-0.3, -0.25) is 0 Å². The number of pyridine rings is 1. The van der Waals surface area contributed by atoms with Gasteiger partial charge < -0.3 is 16.2 Å². The average molecular weight is 497 g/mol. The third kappa shape index (κ3) is 5.03. The molecular weight excluding hydrogens is 472 g/mol. The number of anilines is 1. The molecule has 0 amide bonds. The fourth-order valence-electron chi connectivity index (χ4n) is 4.39. The Morgan fingerprint density at radius 1 is 1.03 bits per heavy atom. The summed E-state index contributed by atoms with van der Waals surface area (Å²) in [5.74, 6) is 0.222. The van der Waals surface area contributed by atoms with Crippen LogP contribution in [0.25, 0.3) is 11.1 Å². The molecule has 0 radical (unpaired) electrons. The number of halogens is 6. The van der Waals surface area contributed by atoms with E-state index in [1.165, 1.54) is 42.7 Å². The van der Waals surface area contributed by atoms with Gasteiger partial charge in [-0.15, -0.1) is 0 Å². The zero-order valence-corrected chi connectivity index (χ0v) is 18.7. The van der Waals surface area contributed by atoms with Crippen LogP contribution in [0.4, 0.5) is 32.2 Å². The topological polar surface area (TPSA) is 71.2 Å². The first kappa shape index (κ1) is 25.1. The van der Waals surface area contributed by atoms with Gasteiger partial charge in [0.2, 0.25) is 0 Å². The Labute approximate surface area is 198 Å². The van der Waals surface area contributed by atoms with Crippen molar-refractivity contribution in [3.8, 4) is 11.1 Å². The molecule has 2 aromatic rings. The minimum atomic E-state index is -5.00. The molecule has 1 unspecified atom stereocenters. The minimum absolute atomic E-state index is 0.0582. The number of rotatable bonds is 6. The molecule has 0 spiro atoms. The molecule has 1 aromatic heterocycles. The molecular formula is C25H25F6N3O. The summed E-state index contributed by atoms with van der Waals surface area (Å²) in [4.78, 5) is 3.96. The molecule has 1 saturated carbocycles. The summed E-state index contributed by atoms with van der Waals surface area (Å²) in [5.41, 5.74) is 2.24. The molecule has 1 aliphatic heterocycles. The van der Waals surface area contributed by atoms with Crippen LogP contribution in [0.15, 0.2) is 66.1 Å². The summed E-state index contributed by atoms with van der Waals surface area (Å²) in [6, 6.07) is 8.57. The number of hydrogen-bond donors (Lipinski definition) is 3. The van der Waals surface area contributed by atoms with E-state index in [9.17, 15) is 31.4 Å². The number of aliphatic hydroxyl groups is 1. The molecule has 2 heterocycles. The van der Waals surface area contributed by atoms with E-state index in [-0.39, 0.29) is 42.8 Å². The first-order valence-corrected chi connectivity index (χ1v) is 11.2. The van der Waals surface area contributed by atoms with E-state index in [4.69, 9.17) is 5.73 Å². The van der Waals surface area contributed by atoms with E-state index in [0.29, 0.717) is 23.1 Å². The van der Waals surface area contributed by atoms with Gasteiger partial charge in [-0.05, 0) is 61.6 Å². The Morgan fingerprint density at radius 2 is 1.71 bits per heavy atom. The second kappa shape index (κ2) is 8.89. The zero-order valence-electron chi connectivity index (χ0n) is 18.7. The van der Waals surface area contributed by atoms with Crippen LogP contribution >= 0.6 is 0 Å². The quantitative estimate of drug-likeness (QED) is 0.407. The summed E-state index contributed by atoms with van der Waals surface area (Å²) in [6.45, 7) is 0. The van der Waals surface area contributed by atoms with Crippen LogP contribution in [0.5, 0.6) is 0 Å². The summed E-state index contributed by atoms with van der Waals surface area (Å²) < 4.78 is 82.2. The SMILES string of the molecule is Nc1ncccc1-c1ccc(C(O)(CC2=CCCC(CC3(C(F)(F)F)CC3)=CN2)C(F)(F)F)cc1. The van der Waals surface area contributed by atoms with Gasteiger partial charge >= 0.3 is 12.4 Å². The molecule has 35 heavy (non-hydrogen) atoms. The lowest BCUT2D eigenvalue weighted by molar-refractivity contribution is -0.266. The van der Waals surface area contributed by atoms with Gasteiger partial charge in [-0.25, -0.2) is 4.98 Å². The second-order valence-corrected chi connectivity index (χ2v) is 9.22. The Hall–Kier alpha value is -3.01. The summed E-state index contributed by atoms with van der Waals surface area (Å²) in [6.07, 6.45) is -5.24. The number of nitrogens with one attached hydrogen (secondary N) is 1. The Kier molecular flexibility index (Phi) is 6.37. The number of hydrogen-bond acceptors (Lipinski definition) is 4. The van der Waals surface area contributed by atoms with Crippen molar-refractivity contribution in [2.45, 2.75) is 56.5 Å². The maximum atomic E-state index is 14.1. The van der Waals surface area contributed by atoms with Crippen LogP contribution in [0.3, 0.4) is 0 Å². The van der Waals surface area contributed by atoms with Crippen molar-refractivity contribution >= 4 is 5.82 Å². The number of allylic oxidation sites excluding steroid dienone is 2. The molecule has 4 N–H and O–H groups in total. The zero-order chi connectivity index (χ0) is 25.5. The third-order valence-corrected chi connectivity index (χ3v) is 6.77. The number of aromatic nitrogens is 1. The fraction of sp³-hybridized carbons (Fsp3) is 0.400. The highest BCUT2D eigenvalue weighted by atomic mass is 19.4. The Morgan fingerprint density at radius 3 is 2.29 bits per heavy atom. The minimum Gasteiger partial charge on any atom is -0.383 e. The first-order chi connectivity index (χ1) is 16.3. The number of alkyl halides is 6. The molecule has 0 saturated heterocycles. The maximum absolute atomic E-state index is 14.1. The standard InChI is InChI=1S/C25H25F6N3O/c26-24(27,28)22(10-11-22)13-16-3-1-4-19(34-15-16)14-23(35,25(29,30)31)18-8-6-17(7-9-18)20-5-2-12-33-21(20)32/h2,4-9,12,15,34-35H,1,3,10-11,13-14H2,(H2,32,33). The van der Waals surface area contributed by atoms with Crippen LogP contribution in [0, 0.1) is 5.41 Å². The van der Waals surface area contributed by atoms with E-state index < -0.39 is 29.8 Å². The van der Waals surface area contributed by atoms with Crippen molar-refractivity contribution in [2.75, 3.05) is 5.73 Å². The summed E-state index contributed by atoms with van der Waals surface area (Å²) in [7, 11) is 0. The van der Waals surface area contributed by atoms with Gasteiger partial charge in [0.15, 0.2) is 5.60 Å². The smallest absolute Gasteiger partial charge is 0.383 e. The highest BCUT2D eigenvalue weighted by Gasteiger charge is 2.62. The highest BCUT2D eigenvalue weighted by molar-refractivity contribution is 5.73. The van der Waals surface area contributed by atoms with E-state index >= 15 is 0 Å². The van der Waals surface area contributed by atoms with Gasteiger partial charge in [0.1, 0.15) is 5.82 Å². The van der Waals surface area contributed by atoms with E-state index in [1.54, 1.807) is 12.1 Å². The number of nitrogen functional groups attached to an aromatic ring is 1. The van der Waals surface area contributed by atoms with Gasteiger partial charge in [0, 0.05) is 23.9 Å². The summed E-state index contributed by atoms with van der Waals surface area (Å²) >= 11 is 0. The number of nitrogens with two attached hydrogens (primary N) is 1. The first-order valence-electron chi connectivity index (χ1n) is 11.2.